The first-order valence-electron chi connectivity index (χ1n) is 6.00. The second-order valence-electron chi connectivity index (χ2n) is 4.22. The van der Waals surface area contributed by atoms with E-state index < -0.39 is 29.6 Å². The van der Waals surface area contributed by atoms with Gasteiger partial charge in [-0.3, -0.25) is 9.59 Å². The van der Waals surface area contributed by atoms with Crippen molar-refractivity contribution in [2.45, 2.75) is 18.9 Å². The number of halogens is 1. The Labute approximate surface area is 119 Å². The Morgan fingerprint density at radius 3 is 2.57 bits per heavy atom. The molecule has 0 saturated carbocycles. The van der Waals surface area contributed by atoms with Crippen LogP contribution in [0.5, 0.6) is 5.75 Å². The van der Waals surface area contributed by atoms with E-state index in [1.807, 2.05) is 0 Å². The molecule has 1 aromatic rings. The summed E-state index contributed by atoms with van der Waals surface area (Å²) < 4.78 is 18.2. The summed E-state index contributed by atoms with van der Waals surface area (Å²) in [5.74, 6) is -3.53. The molecule has 0 radical (unpaired) electrons. The molecule has 0 saturated heterocycles. The topological polar surface area (TPSA) is 119 Å². The summed E-state index contributed by atoms with van der Waals surface area (Å²) in [7, 11) is 1.28. The maximum absolute atomic E-state index is 13.5. The number of carbonyl (C=O) groups is 3. The molecule has 7 nitrogen and oxygen atoms in total. The van der Waals surface area contributed by atoms with Crippen LogP contribution in [0.2, 0.25) is 0 Å². The molecule has 114 valence electrons. The highest BCUT2D eigenvalue weighted by atomic mass is 19.1. The van der Waals surface area contributed by atoms with Gasteiger partial charge < -0.3 is 20.9 Å². The van der Waals surface area contributed by atoms with Crippen LogP contribution in [0.1, 0.15) is 23.2 Å². The fraction of sp³-hybridized carbons (Fsp3) is 0.308. The van der Waals surface area contributed by atoms with Crippen LogP contribution in [0, 0.1) is 5.82 Å². The van der Waals surface area contributed by atoms with Crippen molar-refractivity contribution in [3.63, 3.8) is 0 Å². The van der Waals surface area contributed by atoms with Gasteiger partial charge in [0.15, 0.2) is 11.6 Å². The molecule has 0 aromatic heterocycles. The highest BCUT2D eigenvalue weighted by Crippen LogP contribution is 2.17. The fourth-order valence-corrected chi connectivity index (χ4v) is 1.59. The van der Waals surface area contributed by atoms with Gasteiger partial charge in [-0.1, -0.05) is 0 Å². The predicted molar refractivity (Wildman–Crippen MR) is 70.3 cm³/mol. The number of nitrogens with one attached hydrogen (secondary N) is 1. The van der Waals surface area contributed by atoms with Gasteiger partial charge in [0.1, 0.15) is 6.04 Å². The molecular weight excluding hydrogens is 283 g/mol. The number of rotatable bonds is 7. The Balaban J connectivity index is 2.79. The largest absolute Gasteiger partial charge is 0.494 e. The SMILES string of the molecule is COc1ccc(C(=O)N[C@@H](CCC(N)=O)C(=O)O)cc1F. The molecule has 8 heteroatoms. The van der Waals surface area contributed by atoms with Crippen LogP contribution in [0.3, 0.4) is 0 Å². The first kappa shape index (κ1) is 16.4. The summed E-state index contributed by atoms with van der Waals surface area (Å²) in [5.41, 5.74) is 4.87. The Bertz CT molecular complexity index is 561. The van der Waals surface area contributed by atoms with Crippen molar-refractivity contribution in [2.75, 3.05) is 7.11 Å². The van der Waals surface area contributed by atoms with Crippen LogP contribution in [0.15, 0.2) is 18.2 Å². The van der Waals surface area contributed by atoms with Gasteiger partial charge >= 0.3 is 5.97 Å². The van der Waals surface area contributed by atoms with Gasteiger partial charge in [0.25, 0.3) is 5.91 Å². The number of primary amides is 1. The van der Waals surface area contributed by atoms with Crippen LogP contribution in [0.25, 0.3) is 0 Å². The molecule has 0 heterocycles. The highest BCUT2D eigenvalue weighted by molar-refractivity contribution is 5.96. The first-order chi connectivity index (χ1) is 9.85. The number of carboxylic acid groups (broad SMARTS) is 1. The van der Waals surface area contributed by atoms with E-state index in [4.69, 9.17) is 15.6 Å². The van der Waals surface area contributed by atoms with Crippen molar-refractivity contribution in [2.24, 2.45) is 5.73 Å². The van der Waals surface area contributed by atoms with Crippen LogP contribution < -0.4 is 15.8 Å². The number of ether oxygens (including phenoxy) is 1. The van der Waals surface area contributed by atoms with Crippen LogP contribution in [0.4, 0.5) is 4.39 Å². The maximum Gasteiger partial charge on any atom is 0.326 e. The van der Waals surface area contributed by atoms with E-state index >= 15 is 0 Å². The Morgan fingerprint density at radius 1 is 1.43 bits per heavy atom. The third-order valence-corrected chi connectivity index (χ3v) is 2.70. The zero-order valence-electron chi connectivity index (χ0n) is 11.3. The third kappa shape index (κ3) is 4.75. The van der Waals surface area contributed by atoms with E-state index in [0.29, 0.717) is 0 Å². The highest BCUT2D eigenvalue weighted by Gasteiger charge is 2.21. The van der Waals surface area contributed by atoms with Gasteiger partial charge in [0.2, 0.25) is 5.91 Å². The lowest BCUT2D eigenvalue weighted by molar-refractivity contribution is -0.139. The summed E-state index contributed by atoms with van der Waals surface area (Å²) >= 11 is 0. The van der Waals surface area contributed by atoms with Crippen molar-refractivity contribution in [1.82, 2.24) is 5.32 Å². The maximum atomic E-state index is 13.5. The third-order valence-electron chi connectivity index (χ3n) is 2.70. The molecule has 2 amide bonds. The molecule has 0 fully saturated rings. The summed E-state index contributed by atoms with van der Waals surface area (Å²) in [6.07, 6.45) is -0.330. The number of carbonyl (C=O) groups excluding carboxylic acids is 2. The van der Waals surface area contributed by atoms with Gasteiger partial charge in [0.05, 0.1) is 7.11 Å². The van der Waals surface area contributed by atoms with Crippen molar-refractivity contribution in [3.05, 3.63) is 29.6 Å². The molecule has 21 heavy (non-hydrogen) atoms. The smallest absolute Gasteiger partial charge is 0.326 e. The number of amides is 2. The predicted octanol–water partition coefficient (Wildman–Crippen LogP) is 0.283. The van der Waals surface area contributed by atoms with Crippen molar-refractivity contribution >= 4 is 17.8 Å². The molecule has 1 rings (SSSR count). The molecule has 0 bridgehead atoms. The molecular formula is C13H15FN2O5. The summed E-state index contributed by atoms with van der Waals surface area (Å²) in [4.78, 5) is 33.5. The standard InChI is InChI=1S/C13H15FN2O5/c1-21-10-4-2-7(6-8(10)14)12(18)16-9(13(19)20)3-5-11(15)17/h2,4,6,9H,3,5H2,1H3,(H2,15,17)(H,16,18)(H,19,20)/t9-/m0/s1. The quantitative estimate of drug-likeness (QED) is 0.668. The van der Waals surface area contributed by atoms with E-state index in [1.165, 1.54) is 19.2 Å². The lowest BCUT2D eigenvalue weighted by Gasteiger charge is -2.14. The van der Waals surface area contributed by atoms with Gasteiger partial charge in [-0.15, -0.1) is 0 Å². The number of hydrogen-bond donors (Lipinski definition) is 3. The molecule has 0 aliphatic heterocycles. The Morgan fingerprint density at radius 2 is 2.10 bits per heavy atom. The number of benzene rings is 1. The minimum Gasteiger partial charge on any atom is -0.494 e. The van der Waals surface area contributed by atoms with Gasteiger partial charge in [0, 0.05) is 12.0 Å². The zero-order valence-corrected chi connectivity index (χ0v) is 11.3. The lowest BCUT2D eigenvalue weighted by Crippen LogP contribution is -2.41. The number of methoxy groups -OCH3 is 1. The van der Waals surface area contributed by atoms with E-state index in [0.717, 1.165) is 6.07 Å². The number of carboxylic acids is 1. The van der Waals surface area contributed by atoms with Crippen LogP contribution >= 0.6 is 0 Å². The monoisotopic (exact) mass is 298 g/mol. The van der Waals surface area contributed by atoms with Crippen molar-refractivity contribution in [1.29, 1.82) is 0 Å². The van der Waals surface area contributed by atoms with E-state index in [1.54, 1.807) is 0 Å². The normalized spacial score (nSPS) is 11.5. The lowest BCUT2D eigenvalue weighted by atomic mass is 10.1. The Hall–Kier alpha value is -2.64. The molecule has 1 aromatic carbocycles. The van der Waals surface area contributed by atoms with Crippen molar-refractivity contribution in [3.8, 4) is 5.75 Å². The minimum atomic E-state index is -1.31. The van der Waals surface area contributed by atoms with Gasteiger partial charge in [-0.25, -0.2) is 9.18 Å². The molecule has 1 atom stereocenters. The second-order valence-corrected chi connectivity index (χ2v) is 4.22. The fourth-order valence-electron chi connectivity index (χ4n) is 1.59. The average Bonchev–Trinajstić information content (AvgIpc) is 2.42. The van der Waals surface area contributed by atoms with E-state index in [2.05, 4.69) is 5.32 Å². The second kappa shape index (κ2) is 7.22. The molecule has 0 aliphatic rings. The van der Waals surface area contributed by atoms with Crippen molar-refractivity contribution < 1.29 is 28.6 Å². The summed E-state index contributed by atoms with van der Waals surface area (Å²) in [6, 6.07) is 2.20. The molecule has 4 N–H and O–H groups in total. The molecule has 0 spiro atoms. The number of nitrogens with two attached hydrogens (primary N) is 1. The first-order valence-corrected chi connectivity index (χ1v) is 6.00. The zero-order chi connectivity index (χ0) is 16.0. The van der Waals surface area contributed by atoms with Gasteiger partial charge in [-0.2, -0.15) is 0 Å². The molecule has 0 aliphatic carbocycles. The molecule has 0 unspecified atom stereocenters. The van der Waals surface area contributed by atoms with Crippen LogP contribution in [-0.2, 0) is 9.59 Å². The number of aliphatic carboxylic acids is 1. The van der Waals surface area contributed by atoms with Crippen LogP contribution in [-0.4, -0.2) is 36.0 Å². The minimum absolute atomic E-state index is 0.0323. The van der Waals surface area contributed by atoms with E-state index in [-0.39, 0.29) is 24.2 Å². The average molecular weight is 298 g/mol. The number of hydrogen-bond acceptors (Lipinski definition) is 4. The Kier molecular flexibility index (Phi) is 5.65. The van der Waals surface area contributed by atoms with Gasteiger partial charge in [-0.05, 0) is 24.6 Å². The van der Waals surface area contributed by atoms with E-state index in [9.17, 15) is 18.8 Å². The summed E-state index contributed by atoms with van der Waals surface area (Å²) in [5, 5.41) is 11.2. The summed E-state index contributed by atoms with van der Waals surface area (Å²) in [6.45, 7) is 0.